The van der Waals surface area contributed by atoms with Gasteiger partial charge in [0.05, 0.1) is 6.61 Å². The summed E-state index contributed by atoms with van der Waals surface area (Å²) in [5, 5.41) is 11.3. The Hall–Kier alpha value is -1.87. The first-order valence-electron chi connectivity index (χ1n) is 10.4. The molecule has 1 amide bonds. The summed E-state index contributed by atoms with van der Waals surface area (Å²) in [6.45, 7) is 2.52. The number of amides is 1. The minimum absolute atomic E-state index is 0.00973. The molecule has 0 aromatic carbocycles. The van der Waals surface area contributed by atoms with Gasteiger partial charge in [-0.05, 0) is 51.4 Å². The maximum absolute atomic E-state index is 11.3. The van der Waals surface area contributed by atoms with Gasteiger partial charge in [-0.1, -0.05) is 74.1 Å². The maximum atomic E-state index is 11.3. The van der Waals surface area contributed by atoms with Crippen molar-refractivity contribution in [2.75, 3.05) is 13.2 Å². The van der Waals surface area contributed by atoms with Gasteiger partial charge in [-0.15, -0.1) is 0 Å². The Morgan fingerprint density at radius 2 is 1.26 bits per heavy atom. The van der Waals surface area contributed by atoms with Gasteiger partial charge in [0.15, 0.2) is 0 Å². The molecule has 0 fully saturated rings. The van der Waals surface area contributed by atoms with Crippen molar-refractivity contribution in [3.63, 3.8) is 0 Å². The number of aliphatic hydroxyl groups is 1. The molecule has 2 N–H and O–H groups in total. The third-order valence-corrected chi connectivity index (χ3v) is 3.87. The van der Waals surface area contributed by atoms with Crippen molar-refractivity contribution in [3.8, 4) is 0 Å². The number of hydrogen-bond donors (Lipinski definition) is 2. The molecule has 0 spiro atoms. The van der Waals surface area contributed by atoms with Crippen LogP contribution in [0.2, 0.25) is 0 Å². The smallest absolute Gasteiger partial charge is 0.220 e. The monoisotopic (exact) mass is 373 g/mol. The van der Waals surface area contributed by atoms with Crippen molar-refractivity contribution in [1.29, 1.82) is 0 Å². The van der Waals surface area contributed by atoms with Crippen molar-refractivity contribution in [2.45, 2.75) is 71.1 Å². The third kappa shape index (κ3) is 22.1. The lowest BCUT2D eigenvalue weighted by Crippen LogP contribution is -2.25. The molecule has 0 heterocycles. The molecule has 0 unspecified atom stereocenters. The second-order valence-corrected chi connectivity index (χ2v) is 6.38. The second kappa shape index (κ2) is 22.2. The minimum Gasteiger partial charge on any atom is -0.395 e. The van der Waals surface area contributed by atoms with Gasteiger partial charge in [-0.25, -0.2) is 0 Å². The normalized spacial score (nSPS) is 12.5. The van der Waals surface area contributed by atoms with Crippen LogP contribution in [0.15, 0.2) is 60.8 Å². The number of carbonyl (C=O) groups is 1. The van der Waals surface area contributed by atoms with E-state index in [4.69, 9.17) is 5.11 Å². The number of allylic oxidation sites excluding steroid dienone is 10. The molecular formula is C24H39NO2. The highest BCUT2D eigenvalue weighted by molar-refractivity contribution is 5.75. The zero-order valence-electron chi connectivity index (χ0n) is 17.1. The average molecular weight is 374 g/mol. The SMILES string of the molecule is CC/C=C/C/C=C/C/C=C/C/C=C/C/C=C/CCCCCC(=O)NCCO. The van der Waals surface area contributed by atoms with Gasteiger partial charge in [0.25, 0.3) is 0 Å². The van der Waals surface area contributed by atoms with E-state index >= 15 is 0 Å². The van der Waals surface area contributed by atoms with Crippen LogP contribution in [0.4, 0.5) is 0 Å². The molecule has 0 aliphatic rings. The van der Waals surface area contributed by atoms with E-state index in [1.807, 2.05) is 0 Å². The quantitative estimate of drug-likeness (QED) is 0.250. The lowest BCUT2D eigenvalue weighted by Gasteiger charge is -2.02. The van der Waals surface area contributed by atoms with Crippen molar-refractivity contribution >= 4 is 5.91 Å². The van der Waals surface area contributed by atoms with Crippen molar-refractivity contribution in [2.24, 2.45) is 0 Å². The molecule has 0 atom stereocenters. The predicted octanol–water partition coefficient (Wildman–Crippen LogP) is 5.80. The first kappa shape index (κ1) is 25.1. The fraction of sp³-hybridized carbons (Fsp3) is 0.542. The zero-order chi connectivity index (χ0) is 19.8. The van der Waals surface area contributed by atoms with Crippen LogP contribution in [0.3, 0.4) is 0 Å². The summed E-state index contributed by atoms with van der Waals surface area (Å²) in [5.74, 6) is 0.0407. The second-order valence-electron chi connectivity index (χ2n) is 6.38. The highest BCUT2D eigenvalue weighted by Crippen LogP contribution is 2.04. The van der Waals surface area contributed by atoms with Gasteiger partial charge in [-0.3, -0.25) is 4.79 Å². The lowest BCUT2D eigenvalue weighted by molar-refractivity contribution is -0.121. The number of carbonyl (C=O) groups excluding carboxylic acids is 1. The Morgan fingerprint density at radius 1 is 0.741 bits per heavy atom. The third-order valence-electron chi connectivity index (χ3n) is 3.87. The number of aliphatic hydroxyl groups excluding tert-OH is 1. The van der Waals surface area contributed by atoms with Crippen molar-refractivity contribution < 1.29 is 9.90 Å². The molecule has 0 saturated heterocycles. The van der Waals surface area contributed by atoms with Crippen LogP contribution in [0.25, 0.3) is 0 Å². The Labute approximate surface area is 166 Å². The number of unbranched alkanes of at least 4 members (excludes halogenated alkanes) is 3. The maximum Gasteiger partial charge on any atom is 0.220 e. The lowest BCUT2D eigenvalue weighted by atomic mass is 10.1. The summed E-state index contributed by atoms with van der Waals surface area (Å²) < 4.78 is 0. The van der Waals surface area contributed by atoms with E-state index in [0.29, 0.717) is 13.0 Å². The van der Waals surface area contributed by atoms with Crippen molar-refractivity contribution in [1.82, 2.24) is 5.32 Å². The summed E-state index contributed by atoms with van der Waals surface area (Å²) in [5.41, 5.74) is 0. The van der Waals surface area contributed by atoms with Crippen LogP contribution < -0.4 is 5.32 Å². The zero-order valence-corrected chi connectivity index (χ0v) is 17.1. The largest absolute Gasteiger partial charge is 0.395 e. The molecule has 152 valence electrons. The van der Waals surface area contributed by atoms with E-state index < -0.39 is 0 Å². The molecule has 3 nitrogen and oxygen atoms in total. The summed E-state index contributed by atoms with van der Waals surface area (Å²) >= 11 is 0. The molecule has 0 bridgehead atoms. The summed E-state index contributed by atoms with van der Waals surface area (Å²) in [6.07, 6.45) is 32.0. The standard InChI is InChI=1S/C24H39NO2/c1-2-3-4-5-6-7-8-9-10-11-12-13-14-15-16-17-18-19-20-21-24(27)25-22-23-26/h3-4,6-7,9-10,12-13,15-16,26H,2,5,8,11,14,17-23H2,1H3,(H,25,27)/b4-3+,7-6+,10-9+,13-12+,16-15+. The first-order valence-corrected chi connectivity index (χ1v) is 10.4. The summed E-state index contributed by atoms with van der Waals surface area (Å²) in [4.78, 5) is 11.3. The predicted molar refractivity (Wildman–Crippen MR) is 118 cm³/mol. The van der Waals surface area contributed by atoms with Crippen LogP contribution in [-0.2, 0) is 4.79 Å². The van der Waals surface area contributed by atoms with Crippen molar-refractivity contribution in [3.05, 3.63) is 60.8 Å². The summed E-state index contributed by atoms with van der Waals surface area (Å²) in [7, 11) is 0. The van der Waals surface area contributed by atoms with Gasteiger partial charge in [0.2, 0.25) is 5.91 Å². The molecule has 0 saturated carbocycles. The number of rotatable bonds is 17. The van der Waals surface area contributed by atoms with Crippen LogP contribution in [0.5, 0.6) is 0 Å². The molecule has 0 aromatic rings. The molecule has 27 heavy (non-hydrogen) atoms. The number of hydrogen-bond acceptors (Lipinski definition) is 2. The molecular weight excluding hydrogens is 334 g/mol. The molecule has 0 radical (unpaired) electrons. The Balaban J connectivity index is 3.44. The van der Waals surface area contributed by atoms with E-state index in [0.717, 1.165) is 57.8 Å². The van der Waals surface area contributed by atoms with Gasteiger partial charge >= 0.3 is 0 Å². The first-order chi connectivity index (χ1) is 13.3. The van der Waals surface area contributed by atoms with Crippen LogP contribution >= 0.6 is 0 Å². The van der Waals surface area contributed by atoms with Crippen LogP contribution in [-0.4, -0.2) is 24.2 Å². The fourth-order valence-electron chi connectivity index (χ4n) is 2.38. The van der Waals surface area contributed by atoms with Gasteiger partial charge < -0.3 is 10.4 Å². The molecule has 0 aromatic heterocycles. The van der Waals surface area contributed by atoms with E-state index in [-0.39, 0.29) is 12.5 Å². The Bertz CT molecular complexity index is 473. The van der Waals surface area contributed by atoms with Gasteiger partial charge in [0.1, 0.15) is 0 Å². The topological polar surface area (TPSA) is 49.3 Å². The minimum atomic E-state index is 0.00973. The van der Waals surface area contributed by atoms with Gasteiger partial charge in [0, 0.05) is 13.0 Å². The van der Waals surface area contributed by atoms with E-state index in [9.17, 15) is 4.79 Å². The average Bonchev–Trinajstić information content (AvgIpc) is 2.68. The molecule has 0 aliphatic heterocycles. The Morgan fingerprint density at radius 3 is 1.78 bits per heavy atom. The van der Waals surface area contributed by atoms with E-state index in [1.165, 1.54) is 0 Å². The highest BCUT2D eigenvalue weighted by atomic mass is 16.3. The molecule has 0 aliphatic carbocycles. The summed E-state index contributed by atoms with van der Waals surface area (Å²) in [6, 6.07) is 0. The van der Waals surface area contributed by atoms with E-state index in [1.54, 1.807) is 0 Å². The number of nitrogens with one attached hydrogen (secondary N) is 1. The van der Waals surface area contributed by atoms with E-state index in [2.05, 4.69) is 73.0 Å². The fourth-order valence-corrected chi connectivity index (χ4v) is 2.38. The highest BCUT2D eigenvalue weighted by Gasteiger charge is 1.98. The molecule has 0 rings (SSSR count). The van der Waals surface area contributed by atoms with Gasteiger partial charge in [-0.2, -0.15) is 0 Å². The van der Waals surface area contributed by atoms with Crippen LogP contribution in [0, 0.1) is 0 Å². The molecule has 3 heteroatoms. The Kier molecular flexibility index (Phi) is 20.6. The van der Waals surface area contributed by atoms with Crippen LogP contribution in [0.1, 0.15) is 71.1 Å².